The number of amides is 3. The van der Waals surface area contributed by atoms with Crippen LogP contribution in [0.3, 0.4) is 0 Å². The van der Waals surface area contributed by atoms with Gasteiger partial charge in [-0.1, -0.05) is 37.8 Å². The second-order valence-corrected chi connectivity index (χ2v) is 6.86. The fraction of sp³-hybridized carbons (Fsp3) is 0.526. The molecule has 0 aromatic heterocycles. The van der Waals surface area contributed by atoms with E-state index in [1.165, 1.54) is 12.8 Å². The lowest BCUT2D eigenvalue weighted by Crippen LogP contribution is -2.42. The Hall–Kier alpha value is -2.37. The third-order valence-corrected chi connectivity index (χ3v) is 4.93. The molecule has 1 aliphatic heterocycles. The molecule has 6 heteroatoms. The SMILES string of the molecule is O=C(CC[C@@H]1NC(=O)c2ccccc2NC1=O)NC1CCCCCC1. The van der Waals surface area contributed by atoms with Gasteiger partial charge in [0.15, 0.2) is 0 Å². The molecule has 6 nitrogen and oxygen atoms in total. The van der Waals surface area contributed by atoms with Crippen LogP contribution in [0.25, 0.3) is 0 Å². The molecular formula is C19H25N3O3. The van der Waals surface area contributed by atoms with Crippen LogP contribution in [0.5, 0.6) is 0 Å². The Morgan fingerprint density at radius 3 is 2.56 bits per heavy atom. The van der Waals surface area contributed by atoms with Gasteiger partial charge in [-0.3, -0.25) is 14.4 Å². The average molecular weight is 343 g/mol. The van der Waals surface area contributed by atoms with Crippen molar-refractivity contribution >= 4 is 23.4 Å². The number of benzene rings is 1. The van der Waals surface area contributed by atoms with E-state index in [2.05, 4.69) is 16.0 Å². The monoisotopic (exact) mass is 343 g/mol. The van der Waals surface area contributed by atoms with Crippen molar-refractivity contribution in [3.8, 4) is 0 Å². The predicted octanol–water partition coefficient (Wildman–Crippen LogP) is 2.36. The second-order valence-electron chi connectivity index (χ2n) is 6.86. The number of anilines is 1. The molecule has 0 spiro atoms. The molecule has 25 heavy (non-hydrogen) atoms. The van der Waals surface area contributed by atoms with E-state index in [0.29, 0.717) is 17.7 Å². The summed E-state index contributed by atoms with van der Waals surface area (Å²) >= 11 is 0. The summed E-state index contributed by atoms with van der Waals surface area (Å²) in [6.45, 7) is 0. The first-order valence-electron chi connectivity index (χ1n) is 9.13. The molecule has 0 saturated heterocycles. The van der Waals surface area contributed by atoms with E-state index in [-0.39, 0.29) is 30.2 Å². The molecule has 1 saturated carbocycles. The van der Waals surface area contributed by atoms with Gasteiger partial charge in [0.2, 0.25) is 11.8 Å². The summed E-state index contributed by atoms with van der Waals surface area (Å²) in [5.41, 5.74) is 0.955. The number of carbonyl (C=O) groups excluding carboxylic acids is 3. The molecule has 0 radical (unpaired) electrons. The molecule has 1 aromatic carbocycles. The fourth-order valence-corrected chi connectivity index (χ4v) is 3.51. The van der Waals surface area contributed by atoms with Crippen LogP contribution >= 0.6 is 0 Å². The molecule has 0 unspecified atom stereocenters. The molecule has 1 aromatic rings. The van der Waals surface area contributed by atoms with Gasteiger partial charge in [0.05, 0.1) is 11.3 Å². The van der Waals surface area contributed by atoms with E-state index in [1.54, 1.807) is 24.3 Å². The lowest BCUT2D eigenvalue weighted by molar-refractivity contribution is -0.122. The van der Waals surface area contributed by atoms with Crippen molar-refractivity contribution in [3.05, 3.63) is 29.8 Å². The van der Waals surface area contributed by atoms with E-state index >= 15 is 0 Å². The maximum atomic E-state index is 12.3. The van der Waals surface area contributed by atoms with Crippen molar-refractivity contribution in [2.75, 3.05) is 5.32 Å². The van der Waals surface area contributed by atoms with Crippen LogP contribution in [0.15, 0.2) is 24.3 Å². The Kier molecular flexibility index (Phi) is 5.68. The standard InChI is InChI=1S/C19H25N3O3/c23-17(20-13-7-3-1-2-4-8-13)12-11-16-19(25)21-15-10-6-5-9-14(15)18(24)22-16/h5-6,9-10,13,16H,1-4,7-8,11-12H2,(H,20,23)(H,21,25)(H,22,24)/t16-/m0/s1. The molecule has 3 amide bonds. The number of rotatable bonds is 4. The number of hydrogen-bond acceptors (Lipinski definition) is 3. The molecule has 0 bridgehead atoms. The average Bonchev–Trinajstić information content (AvgIpc) is 2.92. The summed E-state index contributed by atoms with van der Waals surface area (Å²) in [6, 6.07) is 6.45. The highest BCUT2D eigenvalue weighted by Crippen LogP contribution is 2.20. The number of hydrogen-bond donors (Lipinski definition) is 3. The zero-order valence-electron chi connectivity index (χ0n) is 14.3. The molecule has 1 fully saturated rings. The van der Waals surface area contributed by atoms with Crippen molar-refractivity contribution in [2.45, 2.75) is 63.5 Å². The molecule has 134 valence electrons. The maximum absolute atomic E-state index is 12.3. The third kappa shape index (κ3) is 4.59. The summed E-state index contributed by atoms with van der Waals surface area (Å²) < 4.78 is 0. The van der Waals surface area contributed by atoms with Crippen LogP contribution in [0.2, 0.25) is 0 Å². The van der Waals surface area contributed by atoms with Gasteiger partial charge < -0.3 is 16.0 Å². The molecule has 3 N–H and O–H groups in total. The first-order chi connectivity index (χ1) is 12.1. The highest BCUT2D eigenvalue weighted by atomic mass is 16.2. The van der Waals surface area contributed by atoms with Crippen LogP contribution in [0, 0.1) is 0 Å². The van der Waals surface area contributed by atoms with Gasteiger partial charge in [0.25, 0.3) is 5.91 Å². The van der Waals surface area contributed by atoms with Gasteiger partial charge in [-0.15, -0.1) is 0 Å². The predicted molar refractivity (Wildman–Crippen MR) is 95.2 cm³/mol. The fourth-order valence-electron chi connectivity index (χ4n) is 3.51. The Bertz CT molecular complexity index is 651. The lowest BCUT2D eigenvalue weighted by atomic mass is 10.1. The third-order valence-electron chi connectivity index (χ3n) is 4.93. The van der Waals surface area contributed by atoms with E-state index in [4.69, 9.17) is 0 Å². The summed E-state index contributed by atoms with van der Waals surface area (Å²) in [7, 11) is 0. The summed E-state index contributed by atoms with van der Waals surface area (Å²) in [5, 5.41) is 8.56. The van der Waals surface area contributed by atoms with Crippen molar-refractivity contribution in [1.29, 1.82) is 0 Å². The van der Waals surface area contributed by atoms with Crippen LogP contribution in [-0.2, 0) is 9.59 Å². The van der Waals surface area contributed by atoms with Crippen LogP contribution in [0.1, 0.15) is 61.7 Å². The Labute approximate surface area is 147 Å². The Balaban J connectivity index is 1.53. The van der Waals surface area contributed by atoms with Crippen LogP contribution in [-0.4, -0.2) is 29.8 Å². The van der Waals surface area contributed by atoms with Crippen LogP contribution < -0.4 is 16.0 Å². The van der Waals surface area contributed by atoms with E-state index in [9.17, 15) is 14.4 Å². The van der Waals surface area contributed by atoms with Crippen molar-refractivity contribution in [1.82, 2.24) is 10.6 Å². The maximum Gasteiger partial charge on any atom is 0.254 e. The number of nitrogens with one attached hydrogen (secondary N) is 3. The number of carbonyl (C=O) groups is 3. The quantitative estimate of drug-likeness (QED) is 0.734. The normalized spacial score (nSPS) is 21.4. The Morgan fingerprint density at radius 1 is 1.08 bits per heavy atom. The molecule has 1 heterocycles. The van der Waals surface area contributed by atoms with Crippen molar-refractivity contribution in [2.24, 2.45) is 0 Å². The molecule has 2 aliphatic rings. The van der Waals surface area contributed by atoms with Gasteiger partial charge in [0, 0.05) is 12.5 Å². The van der Waals surface area contributed by atoms with Crippen molar-refractivity contribution < 1.29 is 14.4 Å². The summed E-state index contributed by atoms with van der Waals surface area (Å²) in [5.74, 6) is -0.612. The van der Waals surface area contributed by atoms with Crippen molar-refractivity contribution in [3.63, 3.8) is 0 Å². The number of fused-ring (bicyclic) bond motifs is 1. The first-order valence-corrected chi connectivity index (χ1v) is 9.13. The molecular weight excluding hydrogens is 318 g/mol. The van der Waals surface area contributed by atoms with Gasteiger partial charge in [-0.2, -0.15) is 0 Å². The minimum Gasteiger partial charge on any atom is -0.353 e. The zero-order chi connectivity index (χ0) is 17.6. The highest BCUT2D eigenvalue weighted by molar-refractivity contribution is 6.09. The second kappa shape index (κ2) is 8.14. The van der Waals surface area contributed by atoms with Gasteiger partial charge in [-0.05, 0) is 31.4 Å². The highest BCUT2D eigenvalue weighted by Gasteiger charge is 2.28. The topological polar surface area (TPSA) is 87.3 Å². The zero-order valence-corrected chi connectivity index (χ0v) is 14.3. The Morgan fingerprint density at radius 2 is 1.80 bits per heavy atom. The molecule has 1 aliphatic carbocycles. The smallest absolute Gasteiger partial charge is 0.254 e. The lowest BCUT2D eigenvalue weighted by Gasteiger charge is -2.18. The van der Waals surface area contributed by atoms with E-state index < -0.39 is 6.04 Å². The molecule has 3 rings (SSSR count). The minimum absolute atomic E-state index is 0.0456. The van der Waals surface area contributed by atoms with Gasteiger partial charge in [-0.25, -0.2) is 0 Å². The van der Waals surface area contributed by atoms with Gasteiger partial charge in [0.1, 0.15) is 6.04 Å². The van der Waals surface area contributed by atoms with E-state index in [0.717, 1.165) is 25.7 Å². The summed E-state index contributed by atoms with van der Waals surface area (Å²) in [4.78, 5) is 36.8. The largest absolute Gasteiger partial charge is 0.353 e. The minimum atomic E-state index is -0.695. The van der Waals surface area contributed by atoms with E-state index in [1.807, 2.05) is 0 Å². The molecule has 1 atom stereocenters. The van der Waals surface area contributed by atoms with Gasteiger partial charge >= 0.3 is 0 Å². The summed E-state index contributed by atoms with van der Waals surface area (Å²) in [6.07, 6.45) is 7.37. The number of para-hydroxylation sites is 1. The first kappa shape index (κ1) is 17.5. The van der Waals surface area contributed by atoms with Crippen LogP contribution in [0.4, 0.5) is 5.69 Å².